The number of halogens is 1. The van der Waals surface area contributed by atoms with Crippen molar-refractivity contribution < 1.29 is 28.6 Å². The number of aliphatic hydroxyl groups excluding tert-OH is 1. The number of carbonyl (C=O) groups excluding carboxylic acids is 3. The third-order valence-corrected chi connectivity index (χ3v) is 6.72. The molecule has 0 bridgehead atoms. The highest BCUT2D eigenvalue weighted by atomic mass is 19.1. The van der Waals surface area contributed by atoms with Gasteiger partial charge in [-0.2, -0.15) is 0 Å². The average Bonchev–Trinajstić information content (AvgIpc) is 3.36. The number of likely N-dealkylation sites (tertiary alicyclic amines) is 1. The van der Waals surface area contributed by atoms with Crippen molar-refractivity contribution in [2.75, 3.05) is 12.4 Å². The second-order valence-electron chi connectivity index (χ2n) is 8.48. The standard InChI is InChI=1S/C23H22FN3O5/c1-11(28)19-17-18(23(26-19)15-9-13(24)5-8-16(15)25-22(23)31)21(30)27(20(17)29)10-12-3-6-14(32-2)7-4-12/h3-9,11,17-19,26,28H,10H2,1-2H3,(H,25,31)/t11-,17-,18-,19+,23+/m0/s1. The summed E-state index contributed by atoms with van der Waals surface area (Å²) in [5.41, 5.74) is -0.272. The summed E-state index contributed by atoms with van der Waals surface area (Å²) in [6.45, 7) is 1.52. The predicted molar refractivity (Wildman–Crippen MR) is 111 cm³/mol. The molecule has 8 nitrogen and oxygen atoms in total. The van der Waals surface area contributed by atoms with Crippen molar-refractivity contribution in [3.05, 3.63) is 59.4 Å². The van der Waals surface area contributed by atoms with Gasteiger partial charge in [-0.3, -0.25) is 24.6 Å². The van der Waals surface area contributed by atoms with Crippen LogP contribution in [-0.4, -0.2) is 47.0 Å². The van der Waals surface area contributed by atoms with Crippen molar-refractivity contribution in [3.8, 4) is 5.75 Å². The van der Waals surface area contributed by atoms with Crippen LogP contribution in [0.3, 0.4) is 0 Å². The summed E-state index contributed by atoms with van der Waals surface area (Å²) in [4.78, 5) is 41.3. The van der Waals surface area contributed by atoms with Gasteiger partial charge in [-0.15, -0.1) is 0 Å². The number of ether oxygens (including phenoxy) is 1. The van der Waals surface area contributed by atoms with E-state index < -0.39 is 53.1 Å². The lowest BCUT2D eigenvalue weighted by molar-refractivity contribution is -0.143. The van der Waals surface area contributed by atoms with Gasteiger partial charge in [0.05, 0.1) is 31.6 Å². The minimum absolute atomic E-state index is 0.0227. The summed E-state index contributed by atoms with van der Waals surface area (Å²) in [6, 6.07) is 9.96. The molecule has 3 aliphatic rings. The Kier molecular flexibility index (Phi) is 4.58. The van der Waals surface area contributed by atoms with Crippen molar-refractivity contribution in [2.24, 2.45) is 11.8 Å². The van der Waals surface area contributed by atoms with E-state index in [1.54, 1.807) is 31.4 Å². The quantitative estimate of drug-likeness (QED) is 0.617. The Balaban J connectivity index is 1.58. The van der Waals surface area contributed by atoms with E-state index >= 15 is 0 Å². The van der Waals surface area contributed by atoms with Crippen LogP contribution in [0.5, 0.6) is 5.75 Å². The first-order chi connectivity index (χ1) is 15.3. The van der Waals surface area contributed by atoms with Gasteiger partial charge in [0.15, 0.2) is 0 Å². The van der Waals surface area contributed by atoms with Crippen molar-refractivity contribution >= 4 is 23.4 Å². The molecule has 5 atom stereocenters. The zero-order valence-electron chi connectivity index (χ0n) is 17.5. The molecular weight excluding hydrogens is 417 g/mol. The minimum Gasteiger partial charge on any atom is -0.497 e. The summed E-state index contributed by atoms with van der Waals surface area (Å²) in [6.07, 6.45) is -1.02. The van der Waals surface area contributed by atoms with Gasteiger partial charge in [-0.1, -0.05) is 12.1 Å². The summed E-state index contributed by atoms with van der Waals surface area (Å²) in [5.74, 6) is -3.52. The van der Waals surface area contributed by atoms with Gasteiger partial charge < -0.3 is 15.2 Å². The van der Waals surface area contributed by atoms with Crippen LogP contribution in [0.25, 0.3) is 0 Å². The fourth-order valence-electron chi connectivity index (χ4n) is 5.25. The molecule has 2 aromatic rings. The van der Waals surface area contributed by atoms with Crippen molar-refractivity contribution in [2.45, 2.75) is 31.2 Å². The number of hydrogen-bond donors (Lipinski definition) is 3. The molecule has 32 heavy (non-hydrogen) atoms. The zero-order valence-corrected chi connectivity index (χ0v) is 17.5. The van der Waals surface area contributed by atoms with E-state index in [0.29, 0.717) is 17.0 Å². The van der Waals surface area contributed by atoms with E-state index in [9.17, 15) is 23.9 Å². The van der Waals surface area contributed by atoms with Crippen LogP contribution < -0.4 is 15.4 Å². The number of fused-ring (bicyclic) bond motifs is 4. The van der Waals surface area contributed by atoms with Gasteiger partial charge in [0.1, 0.15) is 17.1 Å². The fourth-order valence-corrected chi connectivity index (χ4v) is 5.25. The second-order valence-corrected chi connectivity index (χ2v) is 8.48. The van der Waals surface area contributed by atoms with Crippen LogP contribution in [0.15, 0.2) is 42.5 Å². The lowest BCUT2D eigenvalue weighted by Crippen LogP contribution is -2.54. The van der Waals surface area contributed by atoms with Crippen LogP contribution in [0.1, 0.15) is 18.1 Å². The third kappa shape index (κ3) is 2.71. The van der Waals surface area contributed by atoms with Crippen molar-refractivity contribution in [3.63, 3.8) is 0 Å². The Morgan fingerprint density at radius 2 is 1.88 bits per heavy atom. The SMILES string of the molecule is COc1ccc(CN2C(=O)[C@@H]3[C@@H]([C@H](C)O)N[C@@]4(C(=O)Nc5ccc(F)cc54)[C@@H]3C2=O)cc1. The second kappa shape index (κ2) is 7.11. The summed E-state index contributed by atoms with van der Waals surface area (Å²) in [7, 11) is 1.54. The van der Waals surface area contributed by atoms with Gasteiger partial charge in [-0.05, 0) is 42.8 Å². The Hall–Kier alpha value is -3.30. The molecule has 3 aliphatic heterocycles. The number of nitrogens with zero attached hydrogens (tertiary/aromatic N) is 1. The molecule has 0 radical (unpaired) electrons. The number of hydrogen-bond acceptors (Lipinski definition) is 6. The topological polar surface area (TPSA) is 108 Å². The third-order valence-electron chi connectivity index (χ3n) is 6.72. The van der Waals surface area contributed by atoms with Crippen LogP contribution in [0.2, 0.25) is 0 Å². The Labute approximate surface area is 183 Å². The number of methoxy groups -OCH3 is 1. The van der Waals surface area contributed by atoms with Gasteiger partial charge in [0, 0.05) is 17.3 Å². The van der Waals surface area contributed by atoms with Crippen LogP contribution in [0.4, 0.5) is 10.1 Å². The van der Waals surface area contributed by atoms with Crippen LogP contribution in [-0.2, 0) is 26.5 Å². The maximum absolute atomic E-state index is 14.1. The molecule has 166 valence electrons. The number of aliphatic hydroxyl groups is 1. The van der Waals surface area contributed by atoms with Crippen molar-refractivity contribution in [1.82, 2.24) is 10.2 Å². The maximum atomic E-state index is 14.1. The van der Waals surface area contributed by atoms with E-state index in [-0.39, 0.29) is 12.1 Å². The van der Waals surface area contributed by atoms with Crippen LogP contribution in [0, 0.1) is 17.7 Å². The smallest absolute Gasteiger partial charge is 0.250 e. The average molecular weight is 439 g/mol. The van der Waals surface area contributed by atoms with E-state index in [0.717, 1.165) is 4.90 Å². The molecular formula is C23H22FN3O5. The molecule has 1 spiro atoms. The highest BCUT2D eigenvalue weighted by Gasteiger charge is 2.71. The molecule has 0 saturated carbocycles. The van der Waals surface area contributed by atoms with E-state index in [4.69, 9.17) is 4.74 Å². The highest BCUT2D eigenvalue weighted by molar-refractivity contribution is 6.15. The molecule has 9 heteroatoms. The summed E-state index contributed by atoms with van der Waals surface area (Å²) in [5, 5.41) is 16.1. The number of rotatable bonds is 4. The fraction of sp³-hybridized carbons (Fsp3) is 0.348. The zero-order chi connectivity index (χ0) is 22.8. The Morgan fingerprint density at radius 1 is 1.16 bits per heavy atom. The molecule has 0 aliphatic carbocycles. The number of amides is 3. The first-order valence-corrected chi connectivity index (χ1v) is 10.3. The number of carbonyl (C=O) groups is 3. The lowest BCUT2D eigenvalue weighted by Gasteiger charge is -2.30. The van der Waals surface area contributed by atoms with E-state index in [2.05, 4.69) is 10.6 Å². The summed E-state index contributed by atoms with van der Waals surface area (Å²) >= 11 is 0. The summed E-state index contributed by atoms with van der Waals surface area (Å²) < 4.78 is 19.3. The maximum Gasteiger partial charge on any atom is 0.250 e. The van der Waals surface area contributed by atoms with E-state index in [1.165, 1.54) is 25.1 Å². The van der Waals surface area contributed by atoms with E-state index in [1.807, 2.05) is 0 Å². The van der Waals surface area contributed by atoms with Gasteiger partial charge in [-0.25, -0.2) is 4.39 Å². The normalized spacial score (nSPS) is 29.3. The molecule has 2 fully saturated rings. The molecule has 2 aromatic carbocycles. The molecule has 3 heterocycles. The van der Waals surface area contributed by atoms with Gasteiger partial charge in [0.2, 0.25) is 17.7 Å². The Bertz CT molecular complexity index is 1130. The van der Waals surface area contributed by atoms with Gasteiger partial charge >= 0.3 is 0 Å². The first kappa shape index (κ1) is 20.6. The molecule has 5 rings (SSSR count). The molecule has 3 N–H and O–H groups in total. The number of nitrogens with one attached hydrogen (secondary N) is 2. The van der Waals surface area contributed by atoms with Crippen LogP contribution >= 0.6 is 0 Å². The molecule has 0 unspecified atom stereocenters. The predicted octanol–water partition coefficient (Wildman–Crippen LogP) is 1.14. The van der Waals surface area contributed by atoms with Gasteiger partial charge in [0.25, 0.3) is 0 Å². The monoisotopic (exact) mass is 439 g/mol. The number of benzene rings is 2. The first-order valence-electron chi connectivity index (χ1n) is 10.3. The van der Waals surface area contributed by atoms with Crippen molar-refractivity contribution in [1.29, 1.82) is 0 Å². The Morgan fingerprint density at radius 3 is 2.53 bits per heavy atom. The number of anilines is 1. The largest absolute Gasteiger partial charge is 0.497 e. The minimum atomic E-state index is -1.63. The number of imide groups is 1. The lowest BCUT2D eigenvalue weighted by atomic mass is 9.76. The molecule has 3 amide bonds. The molecule has 2 saturated heterocycles. The molecule has 0 aromatic heterocycles. The highest BCUT2D eigenvalue weighted by Crippen LogP contribution is 2.53.